The SMILES string of the molecule is CCCCCCCCCCCC(=O)O.CCCCCCCCCCCC(=O)O.CCCCCCCCCCCC(=O)O.OC[C@@H](O)[C@@H](O)[C@H](O)[C@@H](O)CO. The molecule has 0 aromatic heterocycles. The van der Waals surface area contributed by atoms with E-state index in [1.165, 1.54) is 135 Å². The number of hydrogen-bond donors (Lipinski definition) is 9. The summed E-state index contributed by atoms with van der Waals surface area (Å²) in [5.74, 6) is -1.98. The highest BCUT2D eigenvalue weighted by Crippen LogP contribution is 2.12. The largest absolute Gasteiger partial charge is 0.481 e. The van der Waals surface area contributed by atoms with Crippen molar-refractivity contribution in [1.82, 2.24) is 0 Å². The number of aliphatic carboxylic acids is 3. The molecule has 0 fully saturated rings. The molecule has 0 bridgehead atoms. The second-order valence-electron chi connectivity index (χ2n) is 14.4. The Morgan fingerprint density at radius 1 is 0.333 bits per heavy atom. The summed E-state index contributed by atoms with van der Waals surface area (Å²) in [4.78, 5) is 30.6. The lowest BCUT2D eigenvalue weighted by molar-refractivity contribution is -0.138. The Morgan fingerprint density at radius 2 is 0.500 bits per heavy atom. The number of carboxylic acids is 3. The minimum absolute atomic E-state index is 0.343. The van der Waals surface area contributed by atoms with Gasteiger partial charge in [0.1, 0.15) is 24.4 Å². The van der Waals surface area contributed by atoms with E-state index >= 15 is 0 Å². The lowest BCUT2D eigenvalue weighted by Gasteiger charge is -2.24. The topological polar surface area (TPSA) is 233 Å². The van der Waals surface area contributed by atoms with E-state index in [9.17, 15) is 14.4 Å². The van der Waals surface area contributed by atoms with Gasteiger partial charge in [-0.05, 0) is 19.3 Å². The van der Waals surface area contributed by atoms with Crippen LogP contribution in [0.15, 0.2) is 0 Å². The fourth-order valence-electron chi connectivity index (χ4n) is 5.43. The summed E-state index contributed by atoms with van der Waals surface area (Å²) in [6, 6.07) is 0. The van der Waals surface area contributed by atoms with Crippen LogP contribution in [0.1, 0.15) is 213 Å². The lowest BCUT2D eigenvalue weighted by Crippen LogP contribution is -2.46. The standard InChI is InChI=1S/3C12H24O2.C6H14O6/c3*1-2-3-4-5-6-7-8-9-10-11-12(13)14;7-1-3(9)5(11)6(12)4(10)2-8/h3*2-11H2,1H3,(H,13,14);3-12H,1-2H2/t;;;3-,4+,5-,6-/m...1/s1. The summed E-state index contributed by atoms with van der Waals surface area (Å²) in [6.45, 7) is 5.23. The summed E-state index contributed by atoms with van der Waals surface area (Å²) < 4.78 is 0. The van der Waals surface area contributed by atoms with Crippen LogP contribution in [0.2, 0.25) is 0 Å². The summed E-state index contributed by atoms with van der Waals surface area (Å²) in [7, 11) is 0. The molecule has 0 aliphatic carbocycles. The van der Waals surface area contributed by atoms with Crippen LogP contribution in [-0.4, -0.2) is 101 Å². The highest BCUT2D eigenvalue weighted by Gasteiger charge is 2.29. The molecule has 326 valence electrons. The maximum atomic E-state index is 10.2. The molecule has 0 saturated heterocycles. The van der Waals surface area contributed by atoms with Gasteiger partial charge in [-0.3, -0.25) is 14.4 Å². The molecule has 0 rings (SSSR count). The number of carbonyl (C=O) groups is 3. The van der Waals surface area contributed by atoms with Crippen molar-refractivity contribution in [2.24, 2.45) is 0 Å². The van der Waals surface area contributed by atoms with Crippen LogP contribution in [0.4, 0.5) is 0 Å². The smallest absolute Gasteiger partial charge is 0.303 e. The van der Waals surface area contributed by atoms with Gasteiger partial charge >= 0.3 is 17.9 Å². The molecule has 0 saturated carbocycles. The third-order valence-electron chi connectivity index (χ3n) is 9.00. The number of aliphatic hydroxyl groups excluding tert-OH is 6. The Morgan fingerprint density at radius 3 is 0.648 bits per heavy atom. The van der Waals surface area contributed by atoms with Gasteiger partial charge in [0.15, 0.2) is 0 Å². The molecule has 0 aromatic rings. The minimum Gasteiger partial charge on any atom is -0.481 e. The second-order valence-corrected chi connectivity index (χ2v) is 14.4. The van der Waals surface area contributed by atoms with Gasteiger partial charge in [-0.1, -0.05) is 175 Å². The average Bonchev–Trinajstić information content (AvgIpc) is 3.15. The van der Waals surface area contributed by atoms with Crippen molar-refractivity contribution in [3.8, 4) is 0 Å². The summed E-state index contributed by atoms with van der Waals surface area (Å²) in [5.41, 5.74) is 0. The summed E-state index contributed by atoms with van der Waals surface area (Å²) in [6.07, 6.45) is 28.0. The quantitative estimate of drug-likeness (QED) is 0.0276. The van der Waals surface area contributed by atoms with E-state index in [1.807, 2.05) is 0 Å². The van der Waals surface area contributed by atoms with Crippen LogP contribution in [0.5, 0.6) is 0 Å². The monoisotopic (exact) mass is 783 g/mol. The molecular formula is C42H86O12. The zero-order valence-corrected chi connectivity index (χ0v) is 34.7. The van der Waals surface area contributed by atoms with Crippen molar-refractivity contribution in [2.45, 2.75) is 238 Å². The lowest BCUT2D eigenvalue weighted by atomic mass is 10.0. The first-order chi connectivity index (χ1) is 25.9. The van der Waals surface area contributed by atoms with E-state index in [0.717, 1.165) is 38.5 Å². The van der Waals surface area contributed by atoms with E-state index in [2.05, 4.69) is 20.8 Å². The Labute approximate surface area is 328 Å². The molecule has 0 heterocycles. The highest BCUT2D eigenvalue weighted by molar-refractivity contribution is 5.67. The van der Waals surface area contributed by atoms with Crippen molar-refractivity contribution in [2.75, 3.05) is 13.2 Å². The van der Waals surface area contributed by atoms with E-state index in [-0.39, 0.29) is 0 Å². The van der Waals surface area contributed by atoms with Crippen molar-refractivity contribution in [1.29, 1.82) is 0 Å². The molecule has 54 heavy (non-hydrogen) atoms. The number of aliphatic hydroxyl groups is 6. The first-order valence-corrected chi connectivity index (χ1v) is 21.4. The minimum atomic E-state index is -1.67. The summed E-state index contributed by atoms with van der Waals surface area (Å²) >= 11 is 0. The van der Waals surface area contributed by atoms with Gasteiger partial charge in [-0.15, -0.1) is 0 Å². The Balaban J connectivity index is -0.000000309. The van der Waals surface area contributed by atoms with Crippen molar-refractivity contribution >= 4 is 17.9 Å². The van der Waals surface area contributed by atoms with Crippen LogP contribution < -0.4 is 0 Å². The average molecular weight is 783 g/mol. The van der Waals surface area contributed by atoms with Gasteiger partial charge < -0.3 is 46.0 Å². The van der Waals surface area contributed by atoms with Crippen molar-refractivity contribution < 1.29 is 60.3 Å². The second kappa shape index (κ2) is 49.2. The fourth-order valence-corrected chi connectivity index (χ4v) is 5.43. The van der Waals surface area contributed by atoms with Crippen molar-refractivity contribution in [3.05, 3.63) is 0 Å². The molecule has 0 aromatic carbocycles. The highest BCUT2D eigenvalue weighted by atomic mass is 16.4. The molecule has 0 spiro atoms. The van der Waals surface area contributed by atoms with E-state index in [4.69, 9.17) is 46.0 Å². The first kappa shape index (κ1) is 58.9. The molecule has 4 atom stereocenters. The number of unbranched alkanes of at least 4 members (excludes halogenated alkanes) is 24. The summed E-state index contributed by atoms with van der Waals surface area (Å²) in [5, 5.41) is 77.4. The van der Waals surface area contributed by atoms with Gasteiger partial charge in [-0.25, -0.2) is 0 Å². The third kappa shape index (κ3) is 54.5. The normalized spacial score (nSPS) is 12.8. The van der Waals surface area contributed by atoms with Crippen LogP contribution in [0.3, 0.4) is 0 Å². The predicted molar refractivity (Wildman–Crippen MR) is 217 cm³/mol. The maximum absolute atomic E-state index is 10.2. The fraction of sp³-hybridized carbons (Fsp3) is 0.929. The molecule has 0 unspecified atom stereocenters. The van der Waals surface area contributed by atoms with Crippen LogP contribution in [-0.2, 0) is 14.4 Å². The molecule has 0 radical (unpaired) electrons. The molecule has 12 heteroatoms. The Kier molecular flexibility index (Phi) is 53.6. The first-order valence-electron chi connectivity index (χ1n) is 21.4. The molecular weight excluding hydrogens is 696 g/mol. The van der Waals surface area contributed by atoms with Gasteiger partial charge in [0.05, 0.1) is 13.2 Å². The number of rotatable bonds is 35. The molecule has 0 amide bonds. The van der Waals surface area contributed by atoms with Gasteiger partial charge in [-0.2, -0.15) is 0 Å². The van der Waals surface area contributed by atoms with Crippen molar-refractivity contribution in [3.63, 3.8) is 0 Å². The molecule has 0 aliphatic heterocycles. The Bertz CT molecular complexity index is 678. The zero-order valence-electron chi connectivity index (χ0n) is 34.7. The predicted octanol–water partition coefficient (Wildman–Crippen LogP) is 8.39. The van der Waals surface area contributed by atoms with Gasteiger partial charge in [0.2, 0.25) is 0 Å². The number of carboxylic acid groups (broad SMARTS) is 3. The zero-order chi connectivity index (χ0) is 41.7. The molecule has 9 N–H and O–H groups in total. The van der Waals surface area contributed by atoms with Gasteiger partial charge in [0.25, 0.3) is 0 Å². The number of hydrogen-bond acceptors (Lipinski definition) is 9. The van der Waals surface area contributed by atoms with Crippen LogP contribution in [0.25, 0.3) is 0 Å². The van der Waals surface area contributed by atoms with E-state index in [0.29, 0.717) is 19.3 Å². The van der Waals surface area contributed by atoms with Crippen LogP contribution >= 0.6 is 0 Å². The molecule has 12 nitrogen and oxygen atoms in total. The Hall–Kier alpha value is -1.83. The van der Waals surface area contributed by atoms with Crippen LogP contribution in [0, 0.1) is 0 Å². The van der Waals surface area contributed by atoms with E-state index in [1.54, 1.807) is 0 Å². The third-order valence-corrected chi connectivity index (χ3v) is 9.00. The molecule has 0 aliphatic rings. The maximum Gasteiger partial charge on any atom is 0.303 e. The van der Waals surface area contributed by atoms with Gasteiger partial charge in [0, 0.05) is 19.3 Å². The van der Waals surface area contributed by atoms with E-state index < -0.39 is 55.5 Å².